The third kappa shape index (κ3) is 7.05. The predicted molar refractivity (Wildman–Crippen MR) is 164 cm³/mol. The largest absolute Gasteiger partial charge is 0.492 e. The maximum absolute atomic E-state index is 13.8. The number of hydrogen-bond acceptors (Lipinski definition) is 7. The normalized spacial score (nSPS) is 19.7. The van der Waals surface area contributed by atoms with Crippen LogP contribution in [0.2, 0.25) is 0 Å². The molecule has 1 aliphatic carbocycles. The fourth-order valence-corrected chi connectivity index (χ4v) is 6.06. The molecular formula is C34H43N3O7. The Morgan fingerprint density at radius 2 is 1.61 bits per heavy atom. The van der Waals surface area contributed by atoms with Crippen LogP contribution in [0.1, 0.15) is 75.2 Å². The number of hydrogen-bond donors (Lipinski definition) is 0. The third-order valence-electron chi connectivity index (χ3n) is 8.67. The van der Waals surface area contributed by atoms with Gasteiger partial charge in [0.2, 0.25) is 0 Å². The Morgan fingerprint density at radius 3 is 2.32 bits per heavy atom. The molecule has 0 spiro atoms. The molecule has 0 aromatic heterocycles. The van der Waals surface area contributed by atoms with E-state index in [9.17, 15) is 14.4 Å². The molecule has 0 unspecified atom stereocenters. The number of ether oxygens (including phenoxy) is 4. The van der Waals surface area contributed by atoms with Gasteiger partial charge in [-0.15, -0.1) is 0 Å². The molecule has 3 aliphatic heterocycles. The SMILES string of the molecule is CC(C)(C)OC(=O)N1CCC(Oc2ccc(C(=O)N3CCC(N4C(=O)OCc5ccccc54)CC3)c(OCC3CC3)c2)CC1. The van der Waals surface area contributed by atoms with Crippen molar-refractivity contribution in [2.24, 2.45) is 5.92 Å². The second kappa shape index (κ2) is 12.6. The van der Waals surface area contributed by atoms with Crippen LogP contribution in [0.3, 0.4) is 0 Å². The summed E-state index contributed by atoms with van der Waals surface area (Å²) in [4.78, 5) is 44.3. The Labute approximate surface area is 259 Å². The molecule has 236 valence electrons. The zero-order valence-electron chi connectivity index (χ0n) is 26.0. The van der Waals surface area contributed by atoms with Gasteiger partial charge in [-0.1, -0.05) is 18.2 Å². The van der Waals surface area contributed by atoms with Crippen LogP contribution in [-0.2, 0) is 16.1 Å². The molecule has 4 aliphatic rings. The Bertz CT molecular complexity index is 1370. The molecule has 0 radical (unpaired) electrons. The van der Waals surface area contributed by atoms with E-state index in [4.69, 9.17) is 18.9 Å². The lowest BCUT2D eigenvalue weighted by atomic mass is 10.00. The number of para-hydroxylation sites is 1. The van der Waals surface area contributed by atoms with E-state index in [2.05, 4.69) is 0 Å². The van der Waals surface area contributed by atoms with E-state index >= 15 is 0 Å². The first-order valence-electron chi connectivity index (χ1n) is 15.9. The van der Waals surface area contributed by atoms with E-state index < -0.39 is 5.60 Å². The first-order valence-corrected chi connectivity index (χ1v) is 15.9. The molecule has 1 saturated carbocycles. The second-order valence-corrected chi connectivity index (χ2v) is 13.3. The summed E-state index contributed by atoms with van der Waals surface area (Å²) >= 11 is 0. The van der Waals surface area contributed by atoms with Gasteiger partial charge in [-0.25, -0.2) is 9.59 Å². The van der Waals surface area contributed by atoms with Crippen molar-refractivity contribution in [2.45, 2.75) is 83.6 Å². The van der Waals surface area contributed by atoms with Crippen molar-refractivity contribution in [1.29, 1.82) is 0 Å². The average Bonchev–Trinajstić information content (AvgIpc) is 3.84. The van der Waals surface area contributed by atoms with Crippen LogP contribution in [0.5, 0.6) is 11.5 Å². The van der Waals surface area contributed by atoms with Crippen molar-refractivity contribution in [1.82, 2.24) is 9.80 Å². The van der Waals surface area contributed by atoms with Crippen LogP contribution < -0.4 is 14.4 Å². The van der Waals surface area contributed by atoms with Crippen LogP contribution in [-0.4, -0.2) is 78.4 Å². The molecule has 3 fully saturated rings. The van der Waals surface area contributed by atoms with E-state index in [-0.39, 0.29) is 36.8 Å². The van der Waals surface area contributed by atoms with Gasteiger partial charge in [-0.2, -0.15) is 0 Å². The molecule has 6 rings (SSSR count). The van der Waals surface area contributed by atoms with Gasteiger partial charge in [0.15, 0.2) is 0 Å². The summed E-state index contributed by atoms with van der Waals surface area (Å²) in [6.07, 6.45) is 4.35. The summed E-state index contributed by atoms with van der Waals surface area (Å²) in [5.74, 6) is 1.65. The highest BCUT2D eigenvalue weighted by Gasteiger charge is 2.36. The van der Waals surface area contributed by atoms with Crippen molar-refractivity contribution in [3.8, 4) is 11.5 Å². The number of amides is 3. The fraction of sp³-hybridized carbons (Fsp3) is 0.559. The smallest absolute Gasteiger partial charge is 0.414 e. The average molecular weight is 606 g/mol. The van der Waals surface area contributed by atoms with Crippen molar-refractivity contribution in [2.75, 3.05) is 37.7 Å². The third-order valence-corrected chi connectivity index (χ3v) is 8.67. The minimum absolute atomic E-state index is 0.0314. The Balaban J connectivity index is 1.08. The zero-order valence-corrected chi connectivity index (χ0v) is 26.0. The molecular weight excluding hydrogens is 562 g/mol. The number of anilines is 1. The highest BCUT2D eigenvalue weighted by molar-refractivity contribution is 5.97. The summed E-state index contributed by atoms with van der Waals surface area (Å²) in [5.41, 5.74) is 1.90. The van der Waals surface area contributed by atoms with E-state index in [0.29, 0.717) is 81.4 Å². The first-order chi connectivity index (χ1) is 21.1. The molecule has 10 heteroatoms. The van der Waals surface area contributed by atoms with Gasteiger partial charge >= 0.3 is 12.2 Å². The topological polar surface area (TPSA) is 97.9 Å². The van der Waals surface area contributed by atoms with Crippen LogP contribution in [0.4, 0.5) is 15.3 Å². The van der Waals surface area contributed by atoms with Gasteiger partial charge in [-0.05, 0) is 70.6 Å². The maximum Gasteiger partial charge on any atom is 0.414 e. The van der Waals surface area contributed by atoms with Gasteiger partial charge in [-0.3, -0.25) is 9.69 Å². The minimum atomic E-state index is -0.524. The summed E-state index contributed by atoms with van der Waals surface area (Å²) in [6, 6.07) is 13.3. The number of carbonyl (C=O) groups is 3. The molecule has 0 atom stereocenters. The molecule has 3 amide bonds. The molecule has 2 aromatic rings. The Hall–Kier alpha value is -3.95. The number of nitrogens with zero attached hydrogens (tertiary/aromatic N) is 3. The quantitative estimate of drug-likeness (QED) is 0.381. The summed E-state index contributed by atoms with van der Waals surface area (Å²) < 4.78 is 23.5. The van der Waals surface area contributed by atoms with Gasteiger partial charge < -0.3 is 28.7 Å². The lowest BCUT2D eigenvalue weighted by Gasteiger charge is -2.40. The lowest BCUT2D eigenvalue weighted by molar-refractivity contribution is 0.0126. The van der Waals surface area contributed by atoms with Gasteiger partial charge in [0.1, 0.15) is 29.8 Å². The van der Waals surface area contributed by atoms with Crippen molar-refractivity contribution in [3.05, 3.63) is 53.6 Å². The molecule has 0 bridgehead atoms. The van der Waals surface area contributed by atoms with Crippen molar-refractivity contribution < 1.29 is 33.3 Å². The highest BCUT2D eigenvalue weighted by atomic mass is 16.6. The summed E-state index contributed by atoms with van der Waals surface area (Å²) in [6.45, 7) is 8.67. The maximum atomic E-state index is 13.8. The molecule has 3 heterocycles. The number of fused-ring (bicyclic) bond motifs is 1. The van der Waals surface area contributed by atoms with Gasteiger partial charge in [0, 0.05) is 56.7 Å². The highest BCUT2D eigenvalue weighted by Crippen LogP contribution is 2.35. The van der Waals surface area contributed by atoms with Crippen LogP contribution in [0.15, 0.2) is 42.5 Å². The molecule has 2 aromatic carbocycles. The van der Waals surface area contributed by atoms with Gasteiger partial charge in [0.25, 0.3) is 5.91 Å². The minimum Gasteiger partial charge on any atom is -0.492 e. The lowest BCUT2D eigenvalue weighted by Crippen LogP contribution is -2.50. The fourth-order valence-electron chi connectivity index (χ4n) is 6.06. The van der Waals surface area contributed by atoms with Crippen LogP contribution in [0.25, 0.3) is 0 Å². The van der Waals surface area contributed by atoms with Crippen molar-refractivity contribution in [3.63, 3.8) is 0 Å². The number of rotatable bonds is 7. The zero-order chi connectivity index (χ0) is 30.8. The van der Waals surface area contributed by atoms with Crippen LogP contribution >= 0.6 is 0 Å². The molecule has 44 heavy (non-hydrogen) atoms. The molecule has 0 N–H and O–H groups in total. The molecule has 10 nitrogen and oxygen atoms in total. The summed E-state index contributed by atoms with van der Waals surface area (Å²) in [7, 11) is 0. The number of piperidine rings is 2. The van der Waals surface area contributed by atoms with E-state index in [1.165, 1.54) is 0 Å². The second-order valence-electron chi connectivity index (χ2n) is 13.3. The van der Waals surface area contributed by atoms with E-state index in [1.807, 2.05) is 62.1 Å². The number of carbonyl (C=O) groups excluding carboxylic acids is 3. The molecule has 2 saturated heterocycles. The monoisotopic (exact) mass is 605 g/mol. The van der Waals surface area contributed by atoms with Crippen LogP contribution in [0, 0.1) is 5.92 Å². The predicted octanol–water partition coefficient (Wildman–Crippen LogP) is 6.02. The summed E-state index contributed by atoms with van der Waals surface area (Å²) in [5, 5.41) is 0. The van der Waals surface area contributed by atoms with Gasteiger partial charge in [0.05, 0.1) is 17.9 Å². The number of cyclic esters (lactones) is 1. The Morgan fingerprint density at radius 1 is 0.909 bits per heavy atom. The van der Waals surface area contributed by atoms with E-state index in [1.54, 1.807) is 15.9 Å². The Kier molecular flexibility index (Phi) is 8.60. The number of likely N-dealkylation sites (tertiary alicyclic amines) is 2. The standard InChI is InChI=1S/C34H43N3O7/c1-34(2,3)44-32(39)36-18-14-26(15-19-36)43-27-10-11-28(30(20-27)41-21-23-8-9-23)31(38)35-16-12-25(13-17-35)37-29-7-5-4-6-24(29)22-42-33(37)40/h4-7,10-11,20,23,25-26H,8-9,12-19,21-22H2,1-3H3. The first kappa shape index (κ1) is 30.1. The van der Waals surface area contributed by atoms with Crippen molar-refractivity contribution >= 4 is 23.8 Å². The van der Waals surface area contributed by atoms with E-state index in [0.717, 1.165) is 24.1 Å². The number of benzene rings is 2.